The Balaban J connectivity index is 1.62. The summed E-state index contributed by atoms with van der Waals surface area (Å²) in [6.07, 6.45) is 6.18. The minimum atomic E-state index is 1.07. The first-order chi connectivity index (χ1) is 14.2. The van der Waals surface area contributed by atoms with Crippen molar-refractivity contribution in [2.45, 2.75) is 6.92 Å². The van der Waals surface area contributed by atoms with Gasteiger partial charge in [-0.3, -0.25) is 0 Å². The molecular formula is C25H18BrNS2. The van der Waals surface area contributed by atoms with Gasteiger partial charge in [0.1, 0.15) is 0 Å². The molecule has 142 valence electrons. The van der Waals surface area contributed by atoms with Gasteiger partial charge in [-0.05, 0) is 59.3 Å². The standard InChI is InChI=1S/C25H18BrNS2/c1-3-7-17-20-13-16(14-21(26)25(20)29-22(17)4-2)27-15-10-11-24-19(12-15)18-8-5-6-9-23(18)28-24/h3-14,27H,2H2,1H3/b7-3-. The van der Waals surface area contributed by atoms with Crippen LogP contribution in [0.1, 0.15) is 17.4 Å². The first-order valence-electron chi connectivity index (χ1n) is 9.37. The summed E-state index contributed by atoms with van der Waals surface area (Å²) >= 11 is 7.38. The third-order valence-electron chi connectivity index (χ3n) is 5.00. The Hall–Kier alpha value is -2.40. The number of anilines is 2. The lowest BCUT2D eigenvalue weighted by Crippen LogP contribution is -1.90. The molecule has 2 heterocycles. The largest absolute Gasteiger partial charge is 0.355 e. The van der Waals surface area contributed by atoms with E-state index in [9.17, 15) is 0 Å². The average Bonchev–Trinajstić information content (AvgIpc) is 3.27. The molecule has 1 N–H and O–H groups in total. The number of halogens is 1. The van der Waals surface area contributed by atoms with Gasteiger partial charge in [-0.25, -0.2) is 0 Å². The zero-order valence-electron chi connectivity index (χ0n) is 15.8. The monoisotopic (exact) mass is 475 g/mol. The normalized spacial score (nSPS) is 11.8. The highest BCUT2D eigenvalue weighted by molar-refractivity contribution is 9.10. The van der Waals surface area contributed by atoms with Crippen LogP contribution in [-0.4, -0.2) is 0 Å². The number of fused-ring (bicyclic) bond motifs is 4. The van der Waals surface area contributed by atoms with E-state index in [1.807, 2.05) is 24.3 Å². The molecular weight excluding hydrogens is 458 g/mol. The van der Waals surface area contributed by atoms with Gasteiger partial charge in [0, 0.05) is 56.5 Å². The Morgan fingerprint density at radius 1 is 0.897 bits per heavy atom. The third-order valence-corrected chi connectivity index (χ3v) is 8.29. The van der Waals surface area contributed by atoms with E-state index in [0.29, 0.717) is 0 Å². The molecule has 1 nitrogen and oxygen atoms in total. The lowest BCUT2D eigenvalue weighted by molar-refractivity contribution is 1.59. The Morgan fingerprint density at radius 3 is 2.52 bits per heavy atom. The fourth-order valence-corrected chi connectivity index (χ4v) is 6.54. The smallest absolute Gasteiger partial charge is 0.0499 e. The van der Waals surface area contributed by atoms with Crippen molar-refractivity contribution >= 4 is 92.4 Å². The summed E-state index contributed by atoms with van der Waals surface area (Å²) < 4.78 is 4.99. The summed E-state index contributed by atoms with van der Waals surface area (Å²) in [5.74, 6) is 0. The summed E-state index contributed by atoms with van der Waals surface area (Å²) in [6.45, 7) is 6.03. The first kappa shape index (κ1) is 18.6. The van der Waals surface area contributed by atoms with Crippen molar-refractivity contribution in [2.75, 3.05) is 5.32 Å². The van der Waals surface area contributed by atoms with E-state index in [-0.39, 0.29) is 0 Å². The highest BCUT2D eigenvalue weighted by Gasteiger charge is 2.12. The maximum Gasteiger partial charge on any atom is 0.0499 e. The Labute approximate surface area is 186 Å². The van der Waals surface area contributed by atoms with Gasteiger partial charge in [-0.2, -0.15) is 0 Å². The molecule has 0 fully saturated rings. The molecule has 2 aromatic heterocycles. The minimum Gasteiger partial charge on any atom is -0.355 e. The molecule has 0 unspecified atom stereocenters. The molecule has 0 spiro atoms. The van der Waals surface area contributed by atoms with E-state index in [0.717, 1.165) is 15.8 Å². The summed E-state index contributed by atoms with van der Waals surface area (Å²) in [4.78, 5) is 1.20. The molecule has 0 aliphatic carbocycles. The molecule has 0 atom stereocenters. The SMILES string of the molecule is C=Cc1sc2c(Br)cc(Nc3ccc4sc5ccccc5c4c3)cc2c1/C=C\C. The lowest BCUT2D eigenvalue weighted by atomic mass is 10.1. The van der Waals surface area contributed by atoms with Gasteiger partial charge >= 0.3 is 0 Å². The van der Waals surface area contributed by atoms with Gasteiger partial charge in [0.05, 0.1) is 0 Å². The van der Waals surface area contributed by atoms with Crippen molar-refractivity contribution in [1.82, 2.24) is 0 Å². The highest BCUT2D eigenvalue weighted by Crippen LogP contribution is 2.41. The van der Waals surface area contributed by atoms with E-state index in [1.54, 1.807) is 11.3 Å². The molecule has 5 rings (SSSR count). The Kier molecular flexibility index (Phi) is 4.78. The maximum absolute atomic E-state index is 3.98. The van der Waals surface area contributed by atoms with Gasteiger partial charge < -0.3 is 5.32 Å². The van der Waals surface area contributed by atoms with E-state index < -0.39 is 0 Å². The van der Waals surface area contributed by atoms with Crippen LogP contribution in [0.3, 0.4) is 0 Å². The van der Waals surface area contributed by atoms with E-state index in [4.69, 9.17) is 0 Å². The van der Waals surface area contributed by atoms with Crippen molar-refractivity contribution in [1.29, 1.82) is 0 Å². The predicted octanol–water partition coefficient (Wildman–Crippen LogP) is 9.45. The van der Waals surface area contributed by atoms with Gasteiger partial charge in [0.25, 0.3) is 0 Å². The minimum absolute atomic E-state index is 1.07. The number of allylic oxidation sites excluding steroid dienone is 1. The van der Waals surface area contributed by atoms with Crippen LogP contribution in [0.25, 0.3) is 42.4 Å². The number of rotatable bonds is 4. The molecule has 29 heavy (non-hydrogen) atoms. The number of hydrogen-bond donors (Lipinski definition) is 1. The summed E-state index contributed by atoms with van der Waals surface area (Å²) in [6, 6.07) is 19.6. The van der Waals surface area contributed by atoms with E-state index in [1.165, 1.54) is 40.7 Å². The third kappa shape index (κ3) is 3.21. The zero-order chi connectivity index (χ0) is 20.0. The van der Waals surface area contributed by atoms with Crippen LogP contribution >= 0.6 is 38.6 Å². The Bertz CT molecular complexity index is 1420. The predicted molar refractivity (Wildman–Crippen MR) is 137 cm³/mol. The molecule has 3 aromatic carbocycles. The molecule has 0 aliphatic rings. The topological polar surface area (TPSA) is 12.0 Å². The lowest BCUT2D eigenvalue weighted by Gasteiger charge is -2.09. The van der Waals surface area contributed by atoms with Crippen LogP contribution < -0.4 is 5.32 Å². The van der Waals surface area contributed by atoms with Crippen LogP contribution in [0.2, 0.25) is 0 Å². The van der Waals surface area contributed by atoms with Crippen molar-refractivity contribution in [3.8, 4) is 0 Å². The van der Waals surface area contributed by atoms with Crippen LogP contribution in [0, 0.1) is 0 Å². The summed E-state index contributed by atoms with van der Waals surface area (Å²) in [5, 5.41) is 7.46. The molecule has 5 aromatic rings. The van der Waals surface area contributed by atoms with Crippen LogP contribution in [-0.2, 0) is 0 Å². The molecule has 0 saturated carbocycles. The van der Waals surface area contributed by atoms with Gasteiger partial charge in [-0.1, -0.05) is 43.0 Å². The van der Waals surface area contributed by atoms with E-state index >= 15 is 0 Å². The van der Waals surface area contributed by atoms with Crippen molar-refractivity contribution in [2.24, 2.45) is 0 Å². The summed E-state index contributed by atoms with van der Waals surface area (Å²) in [7, 11) is 0. The van der Waals surface area contributed by atoms with Gasteiger partial charge in [-0.15, -0.1) is 22.7 Å². The quantitative estimate of drug-likeness (QED) is 0.272. The number of hydrogen-bond acceptors (Lipinski definition) is 3. The van der Waals surface area contributed by atoms with E-state index in [2.05, 4.69) is 94.6 Å². The summed E-state index contributed by atoms with van der Waals surface area (Å²) in [5.41, 5.74) is 3.40. The molecule has 0 aliphatic heterocycles. The molecule has 0 amide bonds. The number of benzene rings is 3. The van der Waals surface area contributed by atoms with Crippen molar-refractivity contribution in [3.63, 3.8) is 0 Å². The van der Waals surface area contributed by atoms with Gasteiger partial charge in [0.2, 0.25) is 0 Å². The molecule has 0 saturated heterocycles. The fraction of sp³-hybridized carbons (Fsp3) is 0.0400. The molecule has 0 radical (unpaired) electrons. The average molecular weight is 476 g/mol. The van der Waals surface area contributed by atoms with Crippen LogP contribution in [0.15, 0.2) is 71.7 Å². The van der Waals surface area contributed by atoms with Crippen molar-refractivity contribution < 1.29 is 0 Å². The zero-order valence-corrected chi connectivity index (χ0v) is 19.0. The van der Waals surface area contributed by atoms with Crippen LogP contribution in [0.4, 0.5) is 11.4 Å². The molecule has 4 heteroatoms. The number of thiophene rings is 2. The number of nitrogens with one attached hydrogen (secondary N) is 1. The fourth-order valence-electron chi connectivity index (χ4n) is 3.73. The highest BCUT2D eigenvalue weighted by atomic mass is 79.9. The molecule has 0 bridgehead atoms. The van der Waals surface area contributed by atoms with Crippen LogP contribution in [0.5, 0.6) is 0 Å². The van der Waals surface area contributed by atoms with Gasteiger partial charge in [0.15, 0.2) is 0 Å². The second-order valence-electron chi connectivity index (χ2n) is 6.85. The maximum atomic E-state index is 3.98. The van der Waals surface area contributed by atoms with Crippen molar-refractivity contribution in [3.05, 3.63) is 82.2 Å². The first-order valence-corrected chi connectivity index (χ1v) is 11.8. The second-order valence-corrected chi connectivity index (χ2v) is 9.84. The second kappa shape index (κ2) is 7.45. The Morgan fingerprint density at radius 2 is 1.69 bits per heavy atom.